The number of rotatable bonds is 5. The van der Waals surface area contributed by atoms with Gasteiger partial charge in [0.05, 0.1) is 7.11 Å². The summed E-state index contributed by atoms with van der Waals surface area (Å²) in [5, 5.41) is 0. The van der Waals surface area contributed by atoms with Crippen molar-refractivity contribution in [1.29, 1.82) is 0 Å². The standard InChI is InChI=1S/C14H18NO2S/c1-11-12-7-4-5-8-13(12)14(16)15(11)9-6-10-18(3)17-2/h4-5,7-8H,1,6,9-10H2,2-3H3/q+1. The molecule has 0 aliphatic carbocycles. The highest BCUT2D eigenvalue weighted by molar-refractivity contribution is 7.91. The Labute approximate surface area is 111 Å². The Balaban J connectivity index is 2.01. The molecule has 0 N–H and O–H groups in total. The summed E-state index contributed by atoms with van der Waals surface area (Å²) in [5.74, 6) is 1.05. The Morgan fingerprint density at radius 3 is 2.61 bits per heavy atom. The van der Waals surface area contributed by atoms with Gasteiger partial charge in [-0.15, -0.1) is 0 Å². The highest BCUT2D eigenvalue weighted by Crippen LogP contribution is 2.31. The number of carbonyl (C=O) groups excluding carboxylic acids is 1. The largest absolute Gasteiger partial charge is 0.308 e. The van der Waals surface area contributed by atoms with Crippen molar-refractivity contribution in [3.05, 3.63) is 42.0 Å². The highest BCUT2D eigenvalue weighted by Gasteiger charge is 2.30. The van der Waals surface area contributed by atoms with Gasteiger partial charge in [-0.25, -0.2) is 0 Å². The lowest BCUT2D eigenvalue weighted by molar-refractivity contribution is 0.0851. The lowest BCUT2D eigenvalue weighted by Crippen LogP contribution is -2.25. The molecule has 0 spiro atoms. The van der Waals surface area contributed by atoms with Crippen LogP contribution in [0.5, 0.6) is 0 Å². The molecule has 3 nitrogen and oxygen atoms in total. The highest BCUT2D eigenvalue weighted by atomic mass is 32.2. The SMILES string of the molecule is C=C1c2ccccc2C(=O)N1CCC[S+](C)OC. The molecule has 1 aliphatic rings. The Bertz CT molecular complexity index is 438. The zero-order chi connectivity index (χ0) is 13.1. The lowest BCUT2D eigenvalue weighted by Gasteiger charge is -2.16. The van der Waals surface area contributed by atoms with Crippen molar-refractivity contribution < 1.29 is 8.98 Å². The van der Waals surface area contributed by atoms with E-state index < -0.39 is 0 Å². The topological polar surface area (TPSA) is 29.5 Å². The van der Waals surface area contributed by atoms with Crippen LogP contribution in [0.2, 0.25) is 0 Å². The zero-order valence-corrected chi connectivity index (χ0v) is 11.6. The average molecular weight is 264 g/mol. The predicted molar refractivity (Wildman–Crippen MR) is 76.3 cm³/mol. The van der Waals surface area contributed by atoms with Crippen LogP contribution in [0.15, 0.2) is 30.8 Å². The number of amides is 1. The lowest BCUT2D eigenvalue weighted by atomic mass is 10.1. The second-order valence-electron chi connectivity index (χ2n) is 4.25. The average Bonchev–Trinajstić information content (AvgIpc) is 2.64. The summed E-state index contributed by atoms with van der Waals surface area (Å²) in [6.45, 7) is 4.74. The molecule has 0 bridgehead atoms. The third-order valence-electron chi connectivity index (χ3n) is 3.14. The number of benzene rings is 1. The van der Waals surface area contributed by atoms with Crippen LogP contribution in [0.3, 0.4) is 0 Å². The number of hydrogen-bond donors (Lipinski definition) is 0. The van der Waals surface area contributed by atoms with E-state index >= 15 is 0 Å². The van der Waals surface area contributed by atoms with E-state index in [1.807, 2.05) is 24.3 Å². The maximum atomic E-state index is 12.2. The van der Waals surface area contributed by atoms with Crippen molar-refractivity contribution >= 4 is 22.8 Å². The van der Waals surface area contributed by atoms with Gasteiger partial charge in [-0.3, -0.25) is 4.79 Å². The van der Waals surface area contributed by atoms with Crippen LogP contribution < -0.4 is 0 Å². The molecule has 1 aromatic rings. The molecule has 96 valence electrons. The minimum absolute atomic E-state index is 0.0174. The smallest absolute Gasteiger partial charge is 0.258 e. The number of fused-ring (bicyclic) bond motifs is 1. The molecule has 1 atom stereocenters. The molecule has 1 amide bonds. The summed E-state index contributed by atoms with van der Waals surface area (Å²) < 4.78 is 5.23. The summed E-state index contributed by atoms with van der Waals surface area (Å²) >= 11 is -0.0174. The van der Waals surface area contributed by atoms with E-state index in [1.54, 1.807) is 12.0 Å². The Morgan fingerprint density at radius 2 is 2.00 bits per heavy atom. The molecule has 2 rings (SSSR count). The third kappa shape index (κ3) is 2.44. The molecular formula is C14H18NO2S+. The molecule has 0 aromatic heterocycles. The van der Waals surface area contributed by atoms with E-state index in [9.17, 15) is 4.79 Å². The first-order chi connectivity index (χ1) is 8.65. The van der Waals surface area contributed by atoms with Crippen LogP contribution in [-0.2, 0) is 15.4 Å². The maximum absolute atomic E-state index is 12.2. The van der Waals surface area contributed by atoms with Crippen molar-refractivity contribution in [3.63, 3.8) is 0 Å². The summed E-state index contributed by atoms with van der Waals surface area (Å²) in [6, 6.07) is 7.65. The van der Waals surface area contributed by atoms with E-state index in [-0.39, 0.29) is 17.1 Å². The van der Waals surface area contributed by atoms with Gasteiger partial charge in [0, 0.05) is 29.8 Å². The van der Waals surface area contributed by atoms with Gasteiger partial charge >= 0.3 is 0 Å². The molecular weight excluding hydrogens is 246 g/mol. The van der Waals surface area contributed by atoms with Gasteiger partial charge < -0.3 is 4.90 Å². The fourth-order valence-corrected chi connectivity index (χ4v) is 2.78. The van der Waals surface area contributed by atoms with Gasteiger partial charge in [-0.05, 0) is 6.07 Å². The normalized spacial score (nSPS) is 16.0. The second kappa shape index (κ2) is 5.59. The molecule has 1 aliphatic heterocycles. The zero-order valence-electron chi connectivity index (χ0n) is 10.8. The van der Waals surface area contributed by atoms with E-state index in [0.717, 1.165) is 29.0 Å². The van der Waals surface area contributed by atoms with Crippen molar-refractivity contribution in [2.24, 2.45) is 0 Å². The van der Waals surface area contributed by atoms with Gasteiger partial charge in [0.1, 0.15) is 23.2 Å². The first kappa shape index (κ1) is 13.2. The molecule has 0 saturated heterocycles. The molecule has 0 radical (unpaired) electrons. The van der Waals surface area contributed by atoms with Crippen LogP contribution >= 0.6 is 0 Å². The quantitative estimate of drug-likeness (QED) is 0.764. The summed E-state index contributed by atoms with van der Waals surface area (Å²) in [5.41, 5.74) is 2.55. The number of nitrogens with zero attached hydrogens (tertiary/aromatic N) is 1. The molecule has 0 saturated carbocycles. The monoisotopic (exact) mass is 264 g/mol. The van der Waals surface area contributed by atoms with Crippen LogP contribution in [0.25, 0.3) is 5.70 Å². The minimum Gasteiger partial charge on any atom is -0.308 e. The summed E-state index contributed by atoms with van der Waals surface area (Å²) in [6.07, 6.45) is 3.00. The van der Waals surface area contributed by atoms with E-state index in [4.69, 9.17) is 4.18 Å². The van der Waals surface area contributed by atoms with Crippen LogP contribution in [0.4, 0.5) is 0 Å². The van der Waals surface area contributed by atoms with Crippen LogP contribution in [-0.4, -0.2) is 36.5 Å². The van der Waals surface area contributed by atoms with Crippen molar-refractivity contribution in [2.45, 2.75) is 6.42 Å². The summed E-state index contributed by atoms with van der Waals surface area (Å²) in [7, 11) is 1.72. The van der Waals surface area contributed by atoms with Crippen LogP contribution in [0.1, 0.15) is 22.3 Å². The maximum Gasteiger partial charge on any atom is 0.258 e. The van der Waals surface area contributed by atoms with Crippen LogP contribution in [0, 0.1) is 0 Å². The Kier molecular flexibility index (Phi) is 4.09. The minimum atomic E-state index is -0.0174. The van der Waals surface area contributed by atoms with E-state index in [0.29, 0.717) is 6.54 Å². The molecule has 18 heavy (non-hydrogen) atoms. The Hall–Kier alpha value is -1.26. The summed E-state index contributed by atoms with van der Waals surface area (Å²) in [4.78, 5) is 14.0. The van der Waals surface area contributed by atoms with Crippen molar-refractivity contribution in [3.8, 4) is 0 Å². The Morgan fingerprint density at radius 1 is 1.33 bits per heavy atom. The van der Waals surface area contributed by atoms with Gasteiger partial charge in [0.2, 0.25) is 0 Å². The fourth-order valence-electron chi connectivity index (χ4n) is 2.08. The molecule has 1 unspecified atom stereocenters. The predicted octanol–water partition coefficient (Wildman–Crippen LogP) is 2.31. The van der Waals surface area contributed by atoms with E-state index in [1.165, 1.54) is 0 Å². The fraction of sp³-hybridized carbons (Fsp3) is 0.357. The van der Waals surface area contributed by atoms with Gasteiger partial charge in [0.15, 0.2) is 0 Å². The van der Waals surface area contributed by atoms with Crippen molar-refractivity contribution in [2.75, 3.05) is 25.7 Å². The molecule has 0 fully saturated rings. The van der Waals surface area contributed by atoms with Gasteiger partial charge in [-0.2, -0.15) is 4.18 Å². The molecule has 4 heteroatoms. The van der Waals surface area contributed by atoms with E-state index in [2.05, 4.69) is 12.8 Å². The first-order valence-electron chi connectivity index (χ1n) is 5.92. The second-order valence-corrected chi connectivity index (χ2v) is 6.13. The first-order valence-corrected chi connectivity index (χ1v) is 7.65. The third-order valence-corrected chi connectivity index (χ3v) is 4.57. The molecule has 1 aromatic carbocycles. The number of carbonyl (C=O) groups is 1. The molecule has 1 heterocycles. The number of hydrogen-bond acceptors (Lipinski definition) is 2. The van der Waals surface area contributed by atoms with Crippen molar-refractivity contribution in [1.82, 2.24) is 4.90 Å². The van der Waals surface area contributed by atoms with Gasteiger partial charge in [0.25, 0.3) is 5.91 Å². The van der Waals surface area contributed by atoms with Gasteiger partial charge in [-0.1, -0.05) is 24.8 Å².